The quantitative estimate of drug-likeness (QED) is 0.500. The first-order chi connectivity index (χ1) is 15.4. The van der Waals surface area contributed by atoms with Crippen LogP contribution in [0.25, 0.3) is 0 Å². The van der Waals surface area contributed by atoms with Crippen molar-refractivity contribution in [2.24, 2.45) is 0 Å². The van der Waals surface area contributed by atoms with E-state index in [0.717, 1.165) is 5.56 Å². The summed E-state index contributed by atoms with van der Waals surface area (Å²) < 4.78 is 26.6. The van der Waals surface area contributed by atoms with E-state index in [0.29, 0.717) is 28.6 Å². The fraction of sp³-hybridized carbons (Fsp3) is 0.250. The van der Waals surface area contributed by atoms with Crippen LogP contribution in [0.5, 0.6) is 17.2 Å². The van der Waals surface area contributed by atoms with E-state index < -0.39 is 5.97 Å². The highest BCUT2D eigenvalue weighted by Gasteiger charge is 2.18. The van der Waals surface area contributed by atoms with Gasteiger partial charge in [0, 0.05) is 5.56 Å². The van der Waals surface area contributed by atoms with Crippen molar-refractivity contribution in [2.45, 2.75) is 19.6 Å². The van der Waals surface area contributed by atoms with E-state index in [9.17, 15) is 9.59 Å². The summed E-state index contributed by atoms with van der Waals surface area (Å²) >= 11 is 0. The lowest BCUT2D eigenvalue weighted by atomic mass is 10.1. The number of carbonyl (C=O) groups excluding carboxylic acids is 2. The molecule has 32 heavy (non-hydrogen) atoms. The minimum absolute atomic E-state index is 0.129. The first kappa shape index (κ1) is 22.7. The zero-order chi connectivity index (χ0) is 23.1. The standard InChI is InChI=1S/C24H25NO7/c1-15(20-13-18(28-2)9-11-21(20)29-3)25-23(26)22-12-10-19(32-22)14-31-17-7-5-16(6-8-17)24(27)30-4/h5-13,15H,14H2,1-4H3,(H,25,26). The van der Waals surface area contributed by atoms with Gasteiger partial charge in [-0.05, 0) is 61.5 Å². The highest BCUT2D eigenvalue weighted by atomic mass is 16.5. The van der Waals surface area contributed by atoms with E-state index in [4.69, 9.17) is 18.6 Å². The van der Waals surface area contributed by atoms with Gasteiger partial charge in [0.1, 0.15) is 29.6 Å². The highest BCUT2D eigenvalue weighted by molar-refractivity contribution is 5.91. The number of methoxy groups -OCH3 is 3. The normalized spacial score (nSPS) is 11.4. The average molecular weight is 439 g/mol. The molecule has 0 aliphatic carbocycles. The molecule has 1 atom stereocenters. The molecule has 1 amide bonds. The summed E-state index contributed by atoms with van der Waals surface area (Å²) in [6, 6.07) is 14.8. The number of benzene rings is 2. The van der Waals surface area contributed by atoms with E-state index in [1.807, 2.05) is 13.0 Å². The Balaban J connectivity index is 1.60. The molecule has 0 aliphatic heterocycles. The number of nitrogens with one attached hydrogen (secondary N) is 1. The first-order valence-electron chi connectivity index (χ1n) is 9.87. The van der Waals surface area contributed by atoms with E-state index in [2.05, 4.69) is 10.1 Å². The van der Waals surface area contributed by atoms with Crippen LogP contribution in [-0.4, -0.2) is 33.2 Å². The maximum absolute atomic E-state index is 12.6. The highest BCUT2D eigenvalue weighted by Crippen LogP contribution is 2.29. The Bertz CT molecular complexity index is 1070. The smallest absolute Gasteiger partial charge is 0.337 e. The molecule has 0 spiro atoms. The predicted octanol–water partition coefficient (Wildman–Crippen LogP) is 4.15. The summed E-state index contributed by atoms with van der Waals surface area (Å²) in [4.78, 5) is 24.1. The molecule has 8 heteroatoms. The van der Waals surface area contributed by atoms with Gasteiger partial charge in [0.15, 0.2) is 5.76 Å². The summed E-state index contributed by atoms with van der Waals surface area (Å²) in [5, 5.41) is 2.90. The Morgan fingerprint density at radius 1 is 0.938 bits per heavy atom. The maximum Gasteiger partial charge on any atom is 0.337 e. The Hall–Kier alpha value is -3.94. The van der Waals surface area contributed by atoms with Gasteiger partial charge in [-0.1, -0.05) is 0 Å². The Morgan fingerprint density at radius 3 is 2.31 bits per heavy atom. The van der Waals surface area contributed by atoms with Gasteiger partial charge in [-0.15, -0.1) is 0 Å². The number of amides is 1. The number of esters is 1. The second-order valence-electron chi connectivity index (χ2n) is 6.87. The maximum atomic E-state index is 12.6. The molecule has 1 aromatic heterocycles. The van der Waals surface area contributed by atoms with Gasteiger partial charge in [0.25, 0.3) is 5.91 Å². The third-order valence-electron chi connectivity index (χ3n) is 4.79. The number of carbonyl (C=O) groups is 2. The minimum Gasteiger partial charge on any atom is -0.497 e. The van der Waals surface area contributed by atoms with Crippen molar-refractivity contribution in [3.05, 3.63) is 77.2 Å². The molecule has 1 heterocycles. The molecule has 0 aliphatic rings. The minimum atomic E-state index is -0.418. The lowest BCUT2D eigenvalue weighted by molar-refractivity contribution is 0.0600. The first-order valence-corrected chi connectivity index (χ1v) is 9.87. The number of ether oxygens (including phenoxy) is 4. The zero-order valence-corrected chi connectivity index (χ0v) is 18.3. The second-order valence-corrected chi connectivity index (χ2v) is 6.87. The molecule has 0 radical (unpaired) electrons. The monoisotopic (exact) mass is 439 g/mol. The predicted molar refractivity (Wildman–Crippen MR) is 116 cm³/mol. The summed E-state index contributed by atoms with van der Waals surface area (Å²) in [5.74, 6) is 1.73. The van der Waals surface area contributed by atoms with Crippen LogP contribution < -0.4 is 19.5 Å². The third-order valence-corrected chi connectivity index (χ3v) is 4.79. The summed E-state index contributed by atoms with van der Waals surface area (Å²) in [6.07, 6.45) is 0. The number of rotatable bonds is 9. The SMILES string of the molecule is COC(=O)c1ccc(OCc2ccc(C(=O)NC(C)c3cc(OC)ccc3OC)o2)cc1. The molecule has 3 rings (SSSR count). The van der Waals surface area contributed by atoms with Crippen LogP contribution in [0.3, 0.4) is 0 Å². The molecule has 8 nitrogen and oxygen atoms in total. The molecule has 0 saturated heterocycles. The summed E-state index contributed by atoms with van der Waals surface area (Å²) in [7, 11) is 4.47. The largest absolute Gasteiger partial charge is 0.497 e. The van der Waals surface area contributed by atoms with Gasteiger partial charge in [-0.2, -0.15) is 0 Å². The molecule has 1 unspecified atom stereocenters. The van der Waals surface area contributed by atoms with Crippen molar-refractivity contribution in [1.29, 1.82) is 0 Å². The lowest BCUT2D eigenvalue weighted by Crippen LogP contribution is -2.26. The van der Waals surface area contributed by atoms with Crippen molar-refractivity contribution in [3.8, 4) is 17.2 Å². The second kappa shape index (κ2) is 10.4. The average Bonchev–Trinajstić information content (AvgIpc) is 3.31. The number of hydrogen-bond acceptors (Lipinski definition) is 7. The third kappa shape index (κ3) is 5.40. The number of furan rings is 1. The molecule has 0 saturated carbocycles. The van der Waals surface area contributed by atoms with Crippen LogP contribution in [0.15, 0.2) is 59.0 Å². The molecular weight excluding hydrogens is 414 g/mol. The fourth-order valence-electron chi connectivity index (χ4n) is 3.06. The van der Waals surface area contributed by atoms with Crippen molar-refractivity contribution in [3.63, 3.8) is 0 Å². The topological polar surface area (TPSA) is 96.2 Å². The van der Waals surface area contributed by atoms with Gasteiger partial charge >= 0.3 is 5.97 Å². The van der Waals surface area contributed by atoms with Crippen molar-refractivity contribution in [1.82, 2.24) is 5.32 Å². The van der Waals surface area contributed by atoms with E-state index in [-0.39, 0.29) is 24.3 Å². The zero-order valence-electron chi connectivity index (χ0n) is 18.3. The van der Waals surface area contributed by atoms with Gasteiger partial charge in [0.05, 0.1) is 32.9 Å². The van der Waals surface area contributed by atoms with Crippen molar-refractivity contribution < 1.29 is 33.0 Å². The molecule has 3 aromatic rings. The molecule has 168 valence electrons. The van der Waals surface area contributed by atoms with E-state index >= 15 is 0 Å². The van der Waals surface area contributed by atoms with E-state index in [1.54, 1.807) is 62.8 Å². The Labute approximate surface area is 186 Å². The lowest BCUT2D eigenvalue weighted by Gasteiger charge is -2.17. The molecule has 2 aromatic carbocycles. The summed E-state index contributed by atoms with van der Waals surface area (Å²) in [5.41, 5.74) is 1.21. The van der Waals surface area contributed by atoms with Crippen LogP contribution in [0.2, 0.25) is 0 Å². The molecule has 0 bridgehead atoms. The molecule has 1 N–H and O–H groups in total. The summed E-state index contributed by atoms with van der Waals surface area (Å²) in [6.45, 7) is 1.98. The van der Waals surface area contributed by atoms with Gasteiger partial charge < -0.3 is 28.7 Å². The van der Waals surface area contributed by atoms with Crippen LogP contribution in [0.4, 0.5) is 0 Å². The van der Waals surface area contributed by atoms with Crippen LogP contribution in [0.1, 0.15) is 45.2 Å². The van der Waals surface area contributed by atoms with E-state index in [1.165, 1.54) is 7.11 Å². The Kier molecular flexibility index (Phi) is 7.38. The molecule has 0 fully saturated rings. The van der Waals surface area contributed by atoms with Crippen LogP contribution in [-0.2, 0) is 11.3 Å². The van der Waals surface area contributed by atoms with Crippen LogP contribution in [0, 0.1) is 0 Å². The van der Waals surface area contributed by atoms with Crippen LogP contribution >= 0.6 is 0 Å². The fourth-order valence-corrected chi connectivity index (χ4v) is 3.06. The Morgan fingerprint density at radius 2 is 1.66 bits per heavy atom. The number of hydrogen-bond donors (Lipinski definition) is 1. The van der Waals surface area contributed by atoms with Gasteiger partial charge in [-0.3, -0.25) is 4.79 Å². The van der Waals surface area contributed by atoms with Gasteiger partial charge in [0.2, 0.25) is 0 Å². The van der Waals surface area contributed by atoms with Crippen molar-refractivity contribution in [2.75, 3.05) is 21.3 Å². The van der Waals surface area contributed by atoms with Gasteiger partial charge in [-0.25, -0.2) is 4.79 Å². The van der Waals surface area contributed by atoms with Crippen molar-refractivity contribution >= 4 is 11.9 Å². The molecular formula is C24H25NO7.